The molecule has 1 radical (unpaired) electrons. The Balaban J connectivity index is 2.13. The molecule has 0 aromatic rings. The summed E-state index contributed by atoms with van der Waals surface area (Å²) in [5.41, 5.74) is 0. The van der Waals surface area contributed by atoms with E-state index in [-0.39, 0.29) is 6.10 Å². The van der Waals surface area contributed by atoms with Gasteiger partial charge in [0.25, 0.3) is 6.29 Å². The number of hydrogen-bond acceptors (Lipinski definition) is 3. The van der Waals surface area contributed by atoms with E-state index in [9.17, 15) is 0 Å². The van der Waals surface area contributed by atoms with E-state index < -0.39 is 6.29 Å². The van der Waals surface area contributed by atoms with Gasteiger partial charge in [0.2, 0.25) is 0 Å². The van der Waals surface area contributed by atoms with Crippen molar-refractivity contribution in [2.75, 3.05) is 6.61 Å². The maximum atomic E-state index is 8.04. The van der Waals surface area contributed by atoms with E-state index in [0.717, 1.165) is 0 Å². The first-order valence-electron chi connectivity index (χ1n) is 1.67. The second-order valence-electron chi connectivity index (χ2n) is 1.18. The van der Waals surface area contributed by atoms with Crippen LogP contribution in [0, 0.1) is 6.29 Å². The van der Waals surface area contributed by atoms with Crippen LogP contribution in [0.25, 0.3) is 0 Å². The predicted octanol–water partition coefficient (Wildman–Crippen LogP) is -0.380. The fraction of sp³-hybridized carbons (Fsp3) is 0.667. The summed E-state index contributed by atoms with van der Waals surface area (Å²) < 4.78 is 4.43. The van der Waals surface area contributed by atoms with Gasteiger partial charge < -0.3 is 14.9 Å². The van der Waals surface area contributed by atoms with Gasteiger partial charge in [0, 0.05) is 0 Å². The molecule has 1 fully saturated rings. The molecule has 0 spiro atoms. The standard InChI is InChI=1S/C3H5O3/c4-3(5)2-1-6-2/h2,4-5H,1H2. The number of hydrogen-bond donors (Lipinski definition) is 2. The van der Waals surface area contributed by atoms with E-state index in [1.54, 1.807) is 0 Å². The molecule has 2 N–H and O–H groups in total. The third-order valence-corrected chi connectivity index (χ3v) is 0.621. The third-order valence-electron chi connectivity index (χ3n) is 0.621. The van der Waals surface area contributed by atoms with Crippen LogP contribution < -0.4 is 0 Å². The highest BCUT2D eigenvalue weighted by atomic mass is 16.6. The summed E-state index contributed by atoms with van der Waals surface area (Å²) in [5, 5.41) is 16.1. The van der Waals surface area contributed by atoms with Crippen LogP contribution in [0.2, 0.25) is 0 Å². The highest BCUT2D eigenvalue weighted by molar-refractivity contribution is 4.82. The Bertz CT molecular complexity index is 48.0. The number of epoxide rings is 1. The summed E-state index contributed by atoms with van der Waals surface area (Å²) in [4.78, 5) is 0. The average molecular weight is 89.1 g/mol. The van der Waals surface area contributed by atoms with Crippen LogP contribution in [0.1, 0.15) is 0 Å². The van der Waals surface area contributed by atoms with Crippen molar-refractivity contribution < 1.29 is 14.9 Å². The molecule has 0 aromatic carbocycles. The van der Waals surface area contributed by atoms with Crippen LogP contribution in [0.4, 0.5) is 0 Å². The van der Waals surface area contributed by atoms with Crippen LogP contribution in [-0.4, -0.2) is 22.9 Å². The lowest BCUT2D eigenvalue weighted by atomic mass is 10.5. The van der Waals surface area contributed by atoms with Gasteiger partial charge in [0.05, 0.1) is 6.61 Å². The molecular weight excluding hydrogens is 84.0 g/mol. The Morgan fingerprint density at radius 2 is 2.17 bits per heavy atom. The molecule has 1 aliphatic rings. The molecule has 1 aliphatic heterocycles. The van der Waals surface area contributed by atoms with E-state index in [1.165, 1.54) is 0 Å². The summed E-state index contributed by atoms with van der Waals surface area (Å²) in [7, 11) is 0. The molecular formula is C3H5O3. The fourth-order valence-electron chi connectivity index (χ4n) is 0.197. The second kappa shape index (κ2) is 1.18. The van der Waals surface area contributed by atoms with Gasteiger partial charge in [-0.1, -0.05) is 0 Å². The molecule has 3 nitrogen and oxygen atoms in total. The van der Waals surface area contributed by atoms with Gasteiger partial charge in [-0.15, -0.1) is 0 Å². The Kier molecular flexibility index (Phi) is 0.799. The molecule has 1 rings (SSSR count). The van der Waals surface area contributed by atoms with Crippen LogP contribution in [-0.2, 0) is 4.74 Å². The number of rotatable bonds is 1. The summed E-state index contributed by atoms with van der Waals surface area (Å²) in [5.74, 6) is 0. The van der Waals surface area contributed by atoms with Crippen molar-refractivity contribution in [3.05, 3.63) is 6.29 Å². The lowest BCUT2D eigenvalue weighted by Gasteiger charge is -1.87. The summed E-state index contributed by atoms with van der Waals surface area (Å²) >= 11 is 0. The van der Waals surface area contributed by atoms with Gasteiger partial charge >= 0.3 is 0 Å². The number of aliphatic hydroxyl groups is 2. The molecule has 0 bridgehead atoms. The topological polar surface area (TPSA) is 53.0 Å². The molecule has 35 valence electrons. The molecule has 0 aliphatic carbocycles. The first-order valence-corrected chi connectivity index (χ1v) is 1.67. The first kappa shape index (κ1) is 4.05. The minimum absolute atomic E-state index is 0.370. The SMILES string of the molecule is O[C](O)C1CO1. The van der Waals surface area contributed by atoms with Crippen molar-refractivity contribution in [2.45, 2.75) is 6.10 Å². The number of aliphatic hydroxyl groups excluding tert-OH is 1. The van der Waals surface area contributed by atoms with Crippen LogP contribution in [0.5, 0.6) is 0 Å². The minimum atomic E-state index is -0.602. The maximum absolute atomic E-state index is 8.04. The second-order valence-corrected chi connectivity index (χ2v) is 1.18. The van der Waals surface area contributed by atoms with Crippen molar-refractivity contribution in [3.8, 4) is 0 Å². The molecule has 1 unspecified atom stereocenters. The van der Waals surface area contributed by atoms with E-state index in [2.05, 4.69) is 4.74 Å². The van der Waals surface area contributed by atoms with Crippen molar-refractivity contribution in [3.63, 3.8) is 0 Å². The van der Waals surface area contributed by atoms with E-state index >= 15 is 0 Å². The summed E-state index contributed by atoms with van der Waals surface area (Å²) in [6.07, 6.45) is -0.972. The van der Waals surface area contributed by atoms with Crippen molar-refractivity contribution in [1.82, 2.24) is 0 Å². The molecule has 1 saturated heterocycles. The summed E-state index contributed by atoms with van der Waals surface area (Å²) in [6.45, 7) is 0.461. The molecule has 3 heteroatoms. The largest absolute Gasteiger partial charge is 0.367 e. The minimum Gasteiger partial charge on any atom is -0.367 e. The van der Waals surface area contributed by atoms with Crippen molar-refractivity contribution >= 4 is 0 Å². The van der Waals surface area contributed by atoms with E-state index in [0.29, 0.717) is 6.61 Å². The first-order chi connectivity index (χ1) is 2.80. The Morgan fingerprint density at radius 3 is 2.17 bits per heavy atom. The average Bonchev–Trinajstić information content (AvgIpc) is 2.06. The highest BCUT2D eigenvalue weighted by Gasteiger charge is 2.31. The van der Waals surface area contributed by atoms with Crippen molar-refractivity contribution in [1.29, 1.82) is 0 Å². The molecule has 1 heterocycles. The van der Waals surface area contributed by atoms with Gasteiger partial charge in [0.15, 0.2) is 0 Å². The highest BCUT2D eigenvalue weighted by Crippen LogP contribution is 2.15. The van der Waals surface area contributed by atoms with Gasteiger partial charge in [-0.05, 0) is 0 Å². The zero-order valence-corrected chi connectivity index (χ0v) is 3.09. The van der Waals surface area contributed by atoms with Gasteiger partial charge in [-0.2, -0.15) is 0 Å². The molecule has 0 aromatic heterocycles. The quantitative estimate of drug-likeness (QED) is 0.430. The fourth-order valence-corrected chi connectivity index (χ4v) is 0.197. The van der Waals surface area contributed by atoms with E-state index in [4.69, 9.17) is 10.2 Å². The lowest BCUT2D eigenvalue weighted by molar-refractivity contribution is 0.0559. The van der Waals surface area contributed by atoms with Crippen LogP contribution in [0.3, 0.4) is 0 Å². The monoisotopic (exact) mass is 89.0 g/mol. The summed E-state index contributed by atoms with van der Waals surface area (Å²) in [6, 6.07) is 0. The smallest absolute Gasteiger partial charge is 0.250 e. The third kappa shape index (κ3) is 0.680. The van der Waals surface area contributed by atoms with Gasteiger partial charge in [-0.3, -0.25) is 0 Å². The predicted molar refractivity (Wildman–Crippen MR) is 16.9 cm³/mol. The zero-order valence-electron chi connectivity index (χ0n) is 3.09. The number of ether oxygens (including phenoxy) is 1. The molecule has 0 amide bonds. The Hall–Kier alpha value is -0.120. The normalized spacial score (nSPS) is 31.5. The Labute approximate surface area is 35.2 Å². The van der Waals surface area contributed by atoms with Crippen LogP contribution >= 0.6 is 0 Å². The molecule has 6 heavy (non-hydrogen) atoms. The molecule has 0 saturated carbocycles. The Morgan fingerprint density at radius 1 is 1.67 bits per heavy atom. The zero-order chi connectivity index (χ0) is 4.57. The van der Waals surface area contributed by atoms with Crippen molar-refractivity contribution in [2.24, 2.45) is 0 Å². The maximum Gasteiger partial charge on any atom is 0.250 e. The van der Waals surface area contributed by atoms with Gasteiger partial charge in [0.1, 0.15) is 6.10 Å². The van der Waals surface area contributed by atoms with E-state index in [1.807, 2.05) is 0 Å². The molecule has 1 atom stereocenters. The van der Waals surface area contributed by atoms with Crippen LogP contribution in [0.15, 0.2) is 0 Å². The van der Waals surface area contributed by atoms with Gasteiger partial charge in [-0.25, -0.2) is 0 Å². The lowest BCUT2D eigenvalue weighted by Crippen LogP contribution is -2.00.